The van der Waals surface area contributed by atoms with E-state index < -0.39 is 5.97 Å². The van der Waals surface area contributed by atoms with Gasteiger partial charge >= 0.3 is 11.9 Å². The Morgan fingerprint density at radius 2 is 1.90 bits per heavy atom. The molecule has 0 radical (unpaired) electrons. The van der Waals surface area contributed by atoms with Crippen molar-refractivity contribution >= 4 is 11.9 Å². The monoisotopic (exact) mass is 282 g/mol. The van der Waals surface area contributed by atoms with Gasteiger partial charge in [-0.3, -0.25) is 4.79 Å². The van der Waals surface area contributed by atoms with Crippen molar-refractivity contribution in [1.82, 2.24) is 0 Å². The van der Waals surface area contributed by atoms with Crippen LogP contribution >= 0.6 is 0 Å². The molecule has 1 aromatic carbocycles. The van der Waals surface area contributed by atoms with E-state index >= 15 is 0 Å². The van der Waals surface area contributed by atoms with Gasteiger partial charge in [-0.05, 0) is 18.2 Å². The number of hydrogen-bond acceptors (Lipinski definition) is 5. The Bertz CT molecular complexity index is 481. The van der Waals surface area contributed by atoms with Crippen molar-refractivity contribution in [3.8, 4) is 11.5 Å². The summed E-state index contributed by atoms with van der Waals surface area (Å²) in [4.78, 5) is 22.1. The largest absolute Gasteiger partial charge is 0.493 e. The lowest BCUT2D eigenvalue weighted by Crippen LogP contribution is -2.16. The molecule has 1 N–H and O–H groups in total. The predicted molar refractivity (Wildman–Crippen MR) is 71.2 cm³/mol. The molecule has 0 atom stereocenters. The zero-order valence-corrected chi connectivity index (χ0v) is 11.7. The van der Waals surface area contributed by atoms with Crippen LogP contribution < -0.4 is 9.47 Å². The summed E-state index contributed by atoms with van der Waals surface area (Å²) in [6.07, 6.45) is 0. The van der Waals surface area contributed by atoms with Gasteiger partial charge in [0.1, 0.15) is 13.2 Å². The van der Waals surface area contributed by atoms with Gasteiger partial charge in [0.15, 0.2) is 11.5 Å². The highest BCUT2D eigenvalue weighted by atomic mass is 16.6. The van der Waals surface area contributed by atoms with E-state index in [1.54, 1.807) is 13.8 Å². The van der Waals surface area contributed by atoms with E-state index in [2.05, 4.69) is 0 Å². The number of hydrogen-bond donors (Lipinski definition) is 1. The summed E-state index contributed by atoms with van der Waals surface area (Å²) in [6.45, 7) is 3.79. The third-order valence-corrected chi connectivity index (χ3v) is 2.47. The van der Waals surface area contributed by atoms with Crippen molar-refractivity contribution in [2.75, 3.05) is 20.3 Å². The molecule has 0 amide bonds. The van der Waals surface area contributed by atoms with Gasteiger partial charge in [-0.1, -0.05) is 13.8 Å². The maximum atomic E-state index is 11.2. The van der Waals surface area contributed by atoms with Gasteiger partial charge in [0.05, 0.1) is 18.6 Å². The fourth-order valence-corrected chi connectivity index (χ4v) is 1.38. The number of aromatic carboxylic acids is 1. The molecular weight excluding hydrogens is 264 g/mol. The van der Waals surface area contributed by atoms with Crippen LogP contribution in [0, 0.1) is 5.92 Å². The minimum atomic E-state index is -1.04. The molecular formula is C14H18O6. The Morgan fingerprint density at radius 3 is 2.45 bits per heavy atom. The van der Waals surface area contributed by atoms with E-state index in [9.17, 15) is 9.59 Å². The molecule has 6 heteroatoms. The van der Waals surface area contributed by atoms with Crippen molar-refractivity contribution in [3.63, 3.8) is 0 Å². The molecule has 0 aromatic heterocycles. The number of carboxylic acids is 1. The highest BCUT2D eigenvalue weighted by Gasteiger charge is 2.11. The molecule has 0 unspecified atom stereocenters. The van der Waals surface area contributed by atoms with Crippen molar-refractivity contribution in [2.24, 2.45) is 5.92 Å². The number of carboxylic acid groups (broad SMARTS) is 1. The maximum absolute atomic E-state index is 11.2. The number of methoxy groups -OCH3 is 1. The predicted octanol–water partition coefficient (Wildman–Crippen LogP) is 1.97. The summed E-state index contributed by atoms with van der Waals surface area (Å²) in [7, 11) is 1.42. The first kappa shape index (κ1) is 15.8. The smallest absolute Gasteiger partial charge is 0.335 e. The summed E-state index contributed by atoms with van der Waals surface area (Å²) in [5.41, 5.74) is 0.112. The number of esters is 1. The van der Waals surface area contributed by atoms with Crippen LogP contribution in [0.3, 0.4) is 0 Å². The third kappa shape index (κ3) is 4.46. The lowest BCUT2D eigenvalue weighted by atomic mass is 10.2. The Hall–Kier alpha value is -2.24. The number of rotatable bonds is 7. The minimum Gasteiger partial charge on any atom is -0.493 e. The van der Waals surface area contributed by atoms with Gasteiger partial charge in [0.25, 0.3) is 0 Å². The second kappa shape index (κ2) is 7.37. The number of ether oxygens (including phenoxy) is 3. The first-order valence-electron chi connectivity index (χ1n) is 6.16. The zero-order valence-electron chi connectivity index (χ0n) is 11.7. The van der Waals surface area contributed by atoms with Crippen LogP contribution in [-0.4, -0.2) is 37.4 Å². The van der Waals surface area contributed by atoms with Gasteiger partial charge in [-0.25, -0.2) is 4.79 Å². The average molecular weight is 282 g/mol. The molecule has 0 heterocycles. The molecule has 0 aliphatic carbocycles. The minimum absolute atomic E-state index is 0.112. The van der Waals surface area contributed by atoms with Crippen LogP contribution in [0.25, 0.3) is 0 Å². The molecule has 1 aromatic rings. The van der Waals surface area contributed by atoms with E-state index in [1.807, 2.05) is 0 Å². The molecule has 0 aliphatic heterocycles. The standard InChI is InChI=1S/C14H18O6/c1-9(2)14(17)20-7-6-19-11-5-4-10(13(15)16)8-12(11)18-3/h4-5,8-9H,6-7H2,1-3H3,(H,15,16). The molecule has 110 valence electrons. The van der Waals surface area contributed by atoms with Crippen molar-refractivity contribution in [2.45, 2.75) is 13.8 Å². The Morgan fingerprint density at radius 1 is 1.20 bits per heavy atom. The second-order valence-electron chi connectivity index (χ2n) is 4.34. The maximum Gasteiger partial charge on any atom is 0.335 e. The van der Waals surface area contributed by atoms with Gasteiger partial charge in [0.2, 0.25) is 0 Å². The van der Waals surface area contributed by atoms with Crippen molar-refractivity contribution in [3.05, 3.63) is 23.8 Å². The lowest BCUT2D eigenvalue weighted by Gasteiger charge is -2.12. The number of carbonyl (C=O) groups is 2. The average Bonchev–Trinajstić information content (AvgIpc) is 2.42. The van der Waals surface area contributed by atoms with Crippen LogP contribution in [0.5, 0.6) is 11.5 Å². The quantitative estimate of drug-likeness (QED) is 0.608. The van der Waals surface area contributed by atoms with Crippen LogP contribution in [0.1, 0.15) is 24.2 Å². The van der Waals surface area contributed by atoms with E-state index in [1.165, 1.54) is 25.3 Å². The van der Waals surface area contributed by atoms with Crippen LogP contribution in [0.2, 0.25) is 0 Å². The zero-order chi connectivity index (χ0) is 15.1. The van der Waals surface area contributed by atoms with Gasteiger partial charge in [-0.15, -0.1) is 0 Å². The van der Waals surface area contributed by atoms with Crippen molar-refractivity contribution < 1.29 is 28.9 Å². The third-order valence-electron chi connectivity index (χ3n) is 2.47. The second-order valence-corrected chi connectivity index (χ2v) is 4.34. The highest BCUT2D eigenvalue weighted by Crippen LogP contribution is 2.27. The van der Waals surface area contributed by atoms with E-state index in [0.717, 1.165) is 0 Å². The number of carbonyl (C=O) groups excluding carboxylic acids is 1. The van der Waals surface area contributed by atoms with Crippen LogP contribution in [0.15, 0.2) is 18.2 Å². The molecule has 6 nitrogen and oxygen atoms in total. The molecule has 0 spiro atoms. The Balaban J connectivity index is 2.55. The molecule has 1 rings (SSSR count). The summed E-state index contributed by atoms with van der Waals surface area (Å²) in [5, 5.41) is 8.87. The SMILES string of the molecule is COc1cc(C(=O)O)ccc1OCCOC(=O)C(C)C. The Kier molecular flexibility index (Phi) is 5.83. The normalized spacial score (nSPS) is 10.2. The molecule has 0 saturated carbocycles. The van der Waals surface area contributed by atoms with Crippen LogP contribution in [0.4, 0.5) is 0 Å². The van der Waals surface area contributed by atoms with Crippen molar-refractivity contribution in [1.29, 1.82) is 0 Å². The van der Waals surface area contributed by atoms with Gasteiger partial charge in [0, 0.05) is 0 Å². The Labute approximate surface area is 117 Å². The fraction of sp³-hybridized carbons (Fsp3) is 0.429. The molecule has 0 aliphatic rings. The van der Waals surface area contributed by atoms with Crippen LogP contribution in [-0.2, 0) is 9.53 Å². The number of benzene rings is 1. The first-order chi connectivity index (χ1) is 9.45. The lowest BCUT2D eigenvalue weighted by molar-refractivity contribution is -0.148. The highest BCUT2D eigenvalue weighted by molar-refractivity contribution is 5.88. The molecule has 0 fully saturated rings. The van der Waals surface area contributed by atoms with E-state index in [-0.39, 0.29) is 30.7 Å². The summed E-state index contributed by atoms with van der Waals surface area (Å²) >= 11 is 0. The van der Waals surface area contributed by atoms with Gasteiger partial charge < -0.3 is 19.3 Å². The summed E-state index contributed by atoms with van der Waals surface area (Å²) in [5.74, 6) is -0.792. The van der Waals surface area contributed by atoms with E-state index in [0.29, 0.717) is 11.5 Å². The van der Waals surface area contributed by atoms with E-state index in [4.69, 9.17) is 19.3 Å². The fourth-order valence-electron chi connectivity index (χ4n) is 1.38. The summed E-state index contributed by atoms with van der Waals surface area (Å²) < 4.78 is 15.4. The van der Waals surface area contributed by atoms with Gasteiger partial charge in [-0.2, -0.15) is 0 Å². The molecule has 0 saturated heterocycles. The molecule has 0 bridgehead atoms. The first-order valence-corrected chi connectivity index (χ1v) is 6.16. The molecule has 20 heavy (non-hydrogen) atoms. The summed E-state index contributed by atoms with van der Waals surface area (Å²) in [6, 6.07) is 4.30. The topological polar surface area (TPSA) is 82.1 Å².